The number of hydrogen-bond donors (Lipinski definition) is 3. The van der Waals surface area contributed by atoms with Gasteiger partial charge >= 0.3 is 0 Å². The maximum atomic E-state index is 14.8. The number of benzene rings is 3. The molecule has 1 aliphatic rings. The Labute approximate surface area is 299 Å². The van der Waals surface area contributed by atoms with Crippen molar-refractivity contribution in [1.29, 1.82) is 0 Å². The van der Waals surface area contributed by atoms with Crippen molar-refractivity contribution in [3.8, 4) is 23.0 Å². The summed E-state index contributed by atoms with van der Waals surface area (Å²) in [5.41, 5.74) is 0.177. The molecule has 4 amide bonds. The molecule has 3 N–H and O–H groups in total. The fourth-order valence-corrected chi connectivity index (χ4v) is 5.76. The van der Waals surface area contributed by atoms with Crippen LogP contribution in [0.25, 0.3) is 0 Å². The molecule has 3 aromatic carbocycles. The average Bonchev–Trinajstić information content (AvgIpc) is 3.08. The molecule has 0 spiro atoms. The number of fused-ring (bicyclic) bond motifs is 1. The van der Waals surface area contributed by atoms with E-state index in [1.807, 2.05) is 19.9 Å². The molecule has 3 aromatic rings. The largest absolute Gasteiger partial charge is 0.491 e. The van der Waals surface area contributed by atoms with Gasteiger partial charge in [0.05, 0.1) is 24.1 Å². The Bertz CT molecular complexity index is 1650. The molecule has 12 heteroatoms. The Morgan fingerprint density at radius 3 is 2.31 bits per heavy atom. The van der Waals surface area contributed by atoms with Gasteiger partial charge in [-0.3, -0.25) is 19.2 Å². The second-order valence-electron chi connectivity index (χ2n) is 13.7. The van der Waals surface area contributed by atoms with Gasteiger partial charge < -0.3 is 35.1 Å². The highest BCUT2D eigenvalue weighted by Gasteiger charge is 2.33. The van der Waals surface area contributed by atoms with Crippen LogP contribution in [0.15, 0.2) is 72.8 Å². The third-order valence-electron chi connectivity index (χ3n) is 8.32. The molecule has 0 fully saturated rings. The van der Waals surface area contributed by atoms with Gasteiger partial charge in [0.25, 0.3) is 5.91 Å². The van der Waals surface area contributed by atoms with Crippen molar-refractivity contribution in [1.82, 2.24) is 20.9 Å². The zero-order chi connectivity index (χ0) is 37.1. The quantitative estimate of drug-likeness (QED) is 0.241. The van der Waals surface area contributed by atoms with Crippen LogP contribution in [0.4, 0.5) is 4.39 Å². The number of likely N-dealkylation sites (N-methyl/N-ethyl adjacent to an activating group) is 1. The Morgan fingerprint density at radius 2 is 1.61 bits per heavy atom. The summed E-state index contributed by atoms with van der Waals surface area (Å²) in [6, 6.07) is 16.5. The van der Waals surface area contributed by atoms with Crippen LogP contribution in [0.1, 0.15) is 64.2 Å². The van der Waals surface area contributed by atoms with E-state index in [1.54, 1.807) is 73.5 Å². The van der Waals surface area contributed by atoms with E-state index in [0.717, 1.165) is 0 Å². The van der Waals surface area contributed by atoms with Crippen molar-refractivity contribution in [2.75, 3.05) is 20.3 Å². The van der Waals surface area contributed by atoms with Crippen LogP contribution in [-0.4, -0.2) is 73.0 Å². The number of para-hydroxylation sites is 3. The van der Waals surface area contributed by atoms with Gasteiger partial charge in [0.1, 0.15) is 36.8 Å². The maximum absolute atomic E-state index is 14.8. The van der Waals surface area contributed by atoms with E-state index >= 15 is 0 Å². The van der Waals surface area contributed by atoms with E-state index in [2.05, 4.69) is 29.8 Å². The highest BCUT2D eigenvalue weighted by atomic mass is 19.1. The van der Waals surface area contributed by atoms with Crippen LogP contribution in [0.3, 0.4) is 0 Å². The van der Waals surface area contributed by atoms with Crippen LogP contribution >= 0.6 is 0 Å². The molecule has 0 saturated heterocycles. The number of ether oxygens (including phenoxy) is 3. The summed E-state index contributed by atoms with van der Waals surface area (Å²) in [6.07, 6.45) is 0.582. The molecule has 4 atom stereocenters. The van der Waals surface area contributed by atoms with Crippen LogP contribution in [0.2, 0.25) is 0 Å². The van der Waals surface area contributed by atoms with E-state index in [-0.39, 0.29) is 59.8 Å². The monoisotopic (exact) mass is 704 g/mol. The summed E-state index contributed by atoms with van der Waals surface area (Å²) in [4.78, 5) is 56.3. The highest BCUT2D eigenvalue weighted by Crippen LogP contribution is 2.34. The number of halogens is 1. The number of carbonyl (C=O) groups is 4. The van der Waals surface area contributed by atoms with Crippen molar-refractivity contribution >= 4 is 23.6 Å². The minimum Gasteiger partial charge on any atom is -0.491 e. The van der Waals surface area contributed by atoms with Crippen molar-refractivity contribution < 1.29 is 37.8 Å². The smallest absolute Gasteiger partial charge is 0.255 e. The Morgan fingerprint density at radius 1 is 0.922 bits per heavy atom. The second-order valence-corrected chi connectivity index (χ2v) is 13.7. The number of carbonyl (C=O) groups excluding carboxylic acids is 4. The lowest BCUT2D eigenvalue weighted by atomic mass is 9.99. The van der Waals surface area contributed by atoms with Gasteiger partial charge in [-0.05, 0) is 68.0 Å². The van der Waals surface area contributed by atoms with Gasteiger partial charge in [-0.15, -0.1) is 0 Å². The zero-order valence-electron chi connectivity index (χ0n) is 30.1. The normalized spacial score (nSPS) is 19.3. The van der Waals surface area contributed by atoms with Crippen LogP contribution in [0.5, 0.6) is 23.0 Å². The fraction of sp³-hybridized carbons (Fsp3) is 0.436. The molecule has 0 unspecified atom stereocenters. The third kappa shape index (κ3) is 11.2. The lowest BCUT2D eigenvalue weighted by Crippen LogP contribution is -2.55. The average molecular weight is 705 g/mol. The third-order valence-corrected chi connectivity index (χ3v) is 8.32. The zero-order valence-corrected chi connectivity index (χ0v) is 30.1. The first-order valence-electron chi connectivity index (χ1n) is 17.4. The molecule has 51 heavy (non-hydrogen) atoms. The summed E-state index contributed by atoms with van der Waals surface area (Å²) < 4.78 is 32.5. The highest BCUT2D eigenvalue weighted by molar-refractivity contribution is 6.01. The molecule has 0 bridgehead atoms. The lowest BCUT2D eigenvalue weighted by Gasteiger charge is -2.33. The minimum absolute atomic E-state index is 0.0783. The number of hydrogen-bond acceptors (Lipinski definition) is 7. The van der Waals surface area contributed by atoms with E-state index < -0.39 is 48.1 Å². The molecule has 274 valence electrons. The predicted octanol–water partition coefficient (Wildman–Crippen LogP) is 5.49. The van der Waals surface area contributed by atoms with E-state index in [1.165, 1.54) is 12.1 Å². The molecule has 0 aliphatic carbocycles. The number of nitrogens with zero attached hydrogens (tertiary/aromatic N) is 1. The fourth-order valence-electron chi connectivity index (χ4n) is 5.76. The predicted molar refractivity (Wildman–Crippen MR) is 191 cm³/mol. The van der Waals surface area contributed by atoms with E-state index in [4.69, 9.17) is 14.2 Å². The SMILES string of the molecule is CC(C)C[C@H]1COc2ccccc2C(=O)N[C@H](C(=O)N[C@H](C)COc2cccc(F)c2Oc2ccccc2)CC(=O)N[C@@H](CC(C)C)C(=O)N1C. The van der Waals surface area contributed by atoms with Gasteiger partial charge in [-0.25, -0.2) is 4.39 Å². The van der Waals surface area contributed by atoms with Crippen LogP contribution < -0.4 is 30.2 Å². The summed E-state index contributed by atoms with van der Waals surface area (Å²) in [6.45, 7) is 9.72. The summed E-state index contributed by atoms with van der Waals surface area (Å²) in [5.74, 6) is -1.67. The number of rotatable bonds is 11. The van der Waals surface area contributed by atoms with E-state index in [9.17, 15) is 23.6 Å². The Balaban J connectivity index is 1.55. The number of amides is 4. The van der Waals surface area contributed by atoms with Crippen molar-refractivity contribution in [3.63, 3.8) is 0 Å². The standard InChI is InChI=1S/C39H49FN4O7/c1-24(2)19-27-23-50-33-17-11-10-15-29(33)37(46)43-31(21-35(45)42-32(20-25(3)4)39(48)44(27)6)38(47)41-26(5)22-49-34-18-12-16-30(40)36(34)51-28-13-8-7-9-14-28/h7-18,24-27,31-32H,19-23H2,1-6H3,(H,41,47)(H,42,45)(H,43,46)/t26-,27+,31+,32+/m1/s1. The maximum Gasteiger partial charge on any atom is 0.255 e. The van der Waals surface area contributed by atoms with Gasteiger partial charge in [0.2, 0.25) is 23.5 Å². The molecule has 11 nitrogen and oxygen atoms in total. The summed E-state index contributed by atoms with van der Waals surface area (Å²) in [7, 11) is 1.70. The molecule has 4 rings (SSSR count). The Hall–Kier alpha value is -5.13. The molecule has 1 heterocycles. The van der Waals surface area contributed by atoms with Crippen LogP contribution in [-0.2, 0) is 14.4 Å². The van der Waals surface area contributed by atoms with Gasteiger partial charge in [0.15, 0.2) is 11.6 Å². The first-order chi connectivity index (χ1) is 24.3. The lowest BCUT2D eigenvalue weighted by molar-refractivity contribution is -0.138. The first-order valence-corrected chi connectivity index (χ1v) is 17.4. The van der Waals surface area contributed by atoms with Gasteiger partial charge in [-0.2, -0.15) is 0 Å². The summed E-state index contributed by atoms with van der Waals surface area (Å²) in [5, 5.41) is 8.32. The first kappa shape index (κ1) is 38.7. The molecule has 1 aliphatic heterocycles. The second kappa shape index (κ2) is 18.2. The minimum atomic E-state index is -1.32. The summed E-state index contributed by atoms with van der Waals surface area (Å²) >= 11 is 0. The number of nitrogens with one attached hydrogen (secondary N) is 3. The van der Waals surface area contributed by atoms with Crippen molar-refractivity contribution in [2.45, 2.75) is 78.0 Å². The Kier molecular flexibility index (Phi) is 13.8. The van der Waals surface area contributed by atoms with Gasteiger partial charge in [-0.1, -0.05) is 64.1 Å². The molecular weight excluding hydrogens is 655 g/mol. The molecule has 0 radical (unpaired) electrons. The topological polar surface area (TPSA) is 135 Å². The van der Waals surface area contributed by atoms with Crippen molar-refractivity contribution in [2.24, 2.45) is 11.8 Å². The molecule has 0 saturated carbocycles. The molecular formula is C39H49FN4O7. The van der Waals surface area contributed by atoms with E-state index in [0.29, 0.717) is 18.6 Å². The van der Waals surface area contributed by atoms with Gasteiger partial charge in [0, 0.05) is 7.05 Å². The van der Waals surface area contributed by atoms with Crippen molar-refractivity contribution in [3.05, 3.63) is 84.2 Å². The molecule has 0 aromatic heterocycles. The van der Waals surface area contributed by atoms with Crippen LogP contribution in [0, 0.1) is 17.7 Å².